The predicted octanol–water partition coefficient (Wildman–Crippen LogP) is 4.37. The molecule has 2 aromatic heterocycles. The number of pyridine rings is 1. The Morgan fingerprint density at radius 3 is 2.63 bits per heavy atom. The van der Waals surface area contributed by atoms with Gasteiger partial charge in [0.05, 0.1) is 23.1 Å². The standard InChI is InChI=1S/C22H21F2N5O/c1-14(23)11-22(2,21-17(24)7-4-10-26-21)13-27-19-9-8-18(28-29-19)16-6-3-5-15(12-25)20(16)30/h3-10,14,30H,11,13H2,1-2H3,(H,27,29)/t14-,22-/m0/s1. The third-order valence-electron chi connectivity index (χ3n) is 4.82. The van der Waals surface area contributed by atoms with Crippen LogP contribution in [0.5, 0.6) is 5.75 Å². The van der Waals surface area contributed by atoms with Crippen LogP contribution in [-0.4, -0.2) is 33.0 Å². The maximum absolute atomic E-state index is 14.3. The smallest absolute Gasteiger partial charge is 0.148 e. The van der Waals surface area contributed by atoms with E-state index < -0.39 is 17.4 Å². The van der Waals surface area contributed by atoms with Crippen molar-refractivity contribution in [3.63, 3.8) is 0 Å². The molecule has 2 heterocycles. The van der Waals surface area contributed by atoms with Gasteiger partial charge in [0, 0.05) is 23.7 Å². The Balaban J connectivity index is 1.81. The van der Waals surface area contributed by atoms with Crippen molar-refractivity contribution in [2.75, 3.05) is 11.9 Å². The van der Waals surface area contributed by atoms with E-state index >= 15 is 0 Å². The van der Waals surface area contributed by atoms with E-state index in [1.165, 1.54) is 31.3 Å². The lowest BCUT2D eigenvalue weighted by Crippen LogP contribution is -2.35. The largest absolute Gasteiger partial charge is 0.506 e. The molecule has 0 unspecified atom stereocenters. The minimum absolute atomic E-state index is 0.0776. The van der Waals surface area contributed by atoms with Crippen LogP contribution in [0.1, 0.15) is 31.5 Å². The second-order valence-corrected chi connectivity index (χ2v) is 7.35. The van der Waals surface area contributed by atoms with Crippen LogP contribution in [0.3, 0.4) is 0 Å². The number of aromatic nitrogens is 3. The molecule has 6 nitrogen and oxygen atoms in total. The molecular formula is C22H21F2N5O. The van der Waals surface area contributed by atoms with Gasteiger partial charge >= 0.3 is 0 Å². The Morgan fingerprint density at radius 2 is 2.00 bits per heavy atom. The minimum atomic E-state index is -1.15. The van der Waals surface area contributed by atoms with Crippen LogP contribution in [-0.2, 0) is 5.41 Å². The van der Waals surface area contributed by atoms with Gasteiger partial charge in [-0.25, -0.2) is 8.78 Å². The number of phenols is 1. The van der Waals surface area contributed by atoms with Gasteiger partial charge in [0.15, 0.2) is 0 Å². The number of benzene rings is 1. The summed E-state index contributed by atoms with van der Waals surface area (Å²) in [5, 5.41) is 30.5. The molecule has 3 aromatic rings. The molecule has 154 valence electrons. The summed E-state index contributed by atoms with van der Waals surface area (Å²) in [4.78, 5) is 4.12. The number of hydrogen-bond donors (Lipinski definition) is 2. The zero-order valence-corrected chi connectivity index (χ0v) is 16.6. The van der Waals surface area contributed by atoms with Gasteiger partial charge in [-0.15, -0.1) is 10.2 Å². The fourth-order valence-electron chi connectivity index (χ4n) is 3.40. The third-order valence-corrected chi connectivity index (χ3v) is 4.82. The molecule has 0 aliphatic rings. The molecule has 0 amide bonds. The lowest BCUT2D eigenvalue weighted by atomic mass is 9.81. The van der Waals surface area contributed by atoms with Crippen molar-refractivity contribution in [2.24, 2.45) is 0 Å². The first-order valence-electron chi connectivity index (χ1n) is 9.39. The fraction of sp³-hybridized carbons (Fsp3) is 0.273. The third kappa shape index (κ3) is 4.51. The maximum Gasteiger partial charge on any atom is 0.148 e. The first kappa shape index (κ1) is 21.1. The van der Waals surface area contributed by atoms with Crippen molar-refractivity contribution < 1.29 is 13.9 Å². The number of para-hydroxylation sites is 1. The van der Waals surface area contributed by atoms with Crippen molar-refractivity contribution in [1.29, 1.82) is 5.26 Å². The molecule has 8 heteroatoms. The molecule has 0 fully saturated rings. The Hall–Kier alpha value is -3.60. The number of nitriles is 1. The summed E-state index contributed by atoms with van der Waals surface area (Å²) in [5.74, 6) is -0.245. The first-order valence-corrected chi connectivity index (χ1v) is 9.39. The lowest BCUT2D eigenvalue weighted by Gasteiger charge is -2.30. The van der Waals surface area contributed by atoms with Crippen LogP contribution < -0.4 is 5.32 Å². The van der Waals surface area contributed by atoms with Gasteiger partial charge < -0.3 is 10.4 Å². The van der Waals surface area contributed by atoms with E-state index in [9.17, 15) is 13.9 Å². The van der Waals surface area contributed by atoms with Gasteiger partial charge in [0.2, 0.25) is 0 Å². The van der Waals surface area contributed by atoms with Gasteiger partial charge in [0.1, 0.15) is 23.5 Å². The van der Waals surface area contributed by atoms with Crippen molar-refractivity contribution in [3.8, 4) is 23.1 Å². The summed E-state index contributed by atoms with van der Waals surface area (Å²) in [6.07, 6.45) is 0.409. The normalized spacial score (nSPS) is 13.8. The maximum atomic E-state index is 14.3. The Labute approximate surface area is 173 Å². The molecule has 0 radical (unpaired) electrons. The molecule has 0 saturated heterocycles. The molecule has 3 rings (SSSR count). The van der Waals surface area contributed by atoms with Crippen molar-refractivity contribution in [1.82, 2.24) is 15.2 Å². The first-order chi connectivity index (χ1) is 14.3. The van der Waals surface area contributed by atoms with Gasteiger partial charge in [-0.2, -0.15) is 5.26 Å². The van der Waals surface area contributed by atoms with E-state index in [1.54, 1.807) is 31.2 Å². The van der Waals surface area contributed by atoms with Crippen LogP contribution in [0, 0.1) is 17.1 Å². The van der Waals surface area contributed by atoms with Gasteiger partial charge in [-0.1, -0.05) is 13.0 Å². The molecule has 30 heavy (non-hydrogen) atoms. The van der Waals surface area contributed by atoms with E-state index in [0.29, 0.717) is 17.1 Å². The summed E-state index contributed by atoms with van der Waals surface area (Å²) < 4.78 is 28.1. The Kier molecular flexibility index (Phi) is 6.21. The highest BCUT2D eigenvalue weighted by Crippen LogP contribution is 2.32. The van der Waals surface area contributed by atoms with Crippen LogP contribution in [0.25, 0.3) is 11.3 Å². The molecule has 2 N–H and O–H groups in total. The fourth-order valence-corrected chi connectivity index (χ4v) is 3.40. The molecule has 0 bridgehead atoms. The highest BCUT2D eigenvalue weighted by atomic mass is 19.1. The van der Waals surface area contributed by atoms with Gasteiger partial charge in [0.25, 0.3) is 0 Å². The summed E-state index contributed by atoms with van der Waals surface area (Å²) in [7, 11) is 0. The number of nitrogens with zero attached hydrogens (tertiary/aromatic N) is 4. The summed E-state index contributed by atoms with van der Waals surface area (Å²) in [6.45, 7) is 3.36. The number of phenolic OH excluding ortho intramolecular Hbond substituents is 1. The number of halogens is 2. The quantitative estimate of drug-likeness (QED) is 0.602. The summed E-state index contributed by atoms with van der Waals surface area (Å²) in [6, 6.07) is 12.8. The van der Waals surface area contributed by atoms with Crippen LogP contribution in [0.15, 0.2) is 48.7 Å². The number of hydrogen-bond acceptors (Lipinski definition) is 6. The molecule has 2 atom stereocenters. The Morgan fingerprint density at radius 1 is 1.20 bits per heavy atom. The number of aromatic hydroxyl groups is 1. The molecular weight excluding hydrogens is 388 g/mol. The molecule has 0 aliphatic heterocycles. The van der Waals surface area contributed by atoms with Crippen molar-refractivity contribution in [2.45, 2.75) is 31.9 Å². The molecule has 0 spiro atoms. The average Bonchev–Trinajstić information content (AvgIpc) is 2.73. The molecule has 0 aliphatic carbocycles. The number of nitrogens with one attached hydrogen (secondary N) is 1. The topological polar surface area (TPSA) is 94.7 Å². The van der Waals surface area contributed by atoms with Crippen LogP contribution >= 0.6 is 0 Å². The van der Waals surface area contributed by atoms with Gasteiger partial charge in [-0.3, -0.25) is 4.98 Å². The summed E-state index contributed by atoms with van der Waals surface area (Å²) in [5.41, 5.74) is 0.208. The van der Waals surface area contributed by atoms with E-state index in [-0.39, 0.29) is 30.0 Å². The second kappa shape index (κ2) is 8.82. The van der Waals surface area contributed by atoms with Crippen molar-refractivity contribution in [3.05, 3.63) is 65.7 Å². The number of alkyl halides is 1. The highest BCUT2D eigenvalue weighted by molar-refractivity contribution is 5.70. The SMILES string of the molecule is C[C@H](F)C[C@@](C)(CNc1ccc(-c2cccc(C#N)c2O)nn1)c1ncccc1F. The molecule has 1 aromatic carbocycles. The monoisotopic (exact) mass is 409 g/mol. The Bertz CT molecular complexity index is 1070. The molecule has 0 saturated carbocycles. The second-order valence-electron chi connectivity index (χ2n) is 7.35. The summed E-state index contributed by atoms with van der Waals surface area (Å²) >= 11 is 0. The average molecular weight is 409 g/mol. The zero-order chi connectivity index (χ0) is 21.7. The zero-order valence-electron chi connectivity index (χ0n) is 16.6. The van der Waals surface area contributed by atoms with E-state index in [4.69, 9.17) is 5.26 Å². The number of anilines is 1. The number of rotatable bonds is 7. The van der Waals surface area contributed by atoms with E-state index in [2.05, 4.69) is 20.5 Å². The van der Waals surface area contributed by atoms with Crippen molar-refractivity contribution >= 4 is 5.82 Å². The van der Waals surface area contributed by atoms with E-state index in [0.717, 1.165) is 0 Å². The minimum Gasteiger partial charge on any atom is -0.506 e. The van der Waals surface area contributed by atoms with Crippen LogP contribution in [0.4, 0.5) is 14.6 Å². The lowest BCUT2D eigenvalue weighted by molar-refractivity contribution is 0.267. The highest BCUT2D eigenvalue weighted by Gasteiger charge is 2.33. The van der Waals surface area contributed by atoms with Crippen LogP contribution in [0.2, 0.25) is 0 Å². The van der Waals surface area contributed by atoms with E-state index in [1.807, 2.05) is 6.07 Å². The predicted molar refractivity (Wildman–Crippen MR) is 109 cm³/mol. The van der Waals surface area contributed by atoms with Gasteiger partial charge in [-0.05, 0) is 49.7 Å².